The molecule has 0 bridgehead atoms. The van der Waals surface area contributed by atoms with Crippen molar-refractivity contribution in [2.75, 3.05) is 25.0 Å². The summed E-state index contributed by atoms with van der Waals surface area (Å²) in [6, 6.07) is 20.4. The van der Waals surface area contributed by atoms with Crippen LogP contribution in [0.5, 0.6) is 5.75 Å². The first-order valence-electron chi connectivity index (χ1n) is 11.0. The Kier molecular flexibility index (Phi) is 8.48. The molecule has 1 atom stereocenters. The Morgan fingerprint density at radius 1 is 0.971 bits per heavy atom. The van der Waals surface area contributed by atoms with Crippen LogP contribution in [-0.4, -0.2) is 40.6 Å². The van der Waals surface area contributed by atoms with Crippen LogP contribution in [0, 0.1) is 6.92 Å². The minimum Gasteiger partial charge on any atom is -0.495 e. The zero-order chi connectivity index (χ0) is 25.4. The zero-order valence-corrected chi connectivity index (χ0v) is 20.6. The fourth-order valence-electron chi connectivity index (χ4n) is 3.28. The van der Waals surface area contributed by atoms with Crippen molar-refractivity contribution >= 4 is 27.6 Å². The van der Waals surface area contributed by atoms with E-state index in [1.165, 1.54) is 19.2 Å². The van der Waals surface area contributed by atoms with Crippen molar-refractivity contribution < 1.29 is 27.5 Å². The molecule has 0 saturated carbocycles. The van der Waals surface area contributed by atoms with Gasteiger partial charge in [0, 0.05) is 12.2 Å². The van der Waals surface area contributed by atoms with Gasteiger partial charge >= 0.3 is 5.97 Å². The van der Waals surface area contributed by atoms with Gasteiger partial charge in [0.2, 0.25) is 0 Å². The number of anilines is 1. The van der Waals surface area contributed by atoms with Crippen LogP contribution in [0.15, 0.2) is 77.7 Å². The number of rotatable bonds is 10. The molecular formula is C26H28N2O6S. The molecule has 1 unspecified atom stereocenters. The molecule has 2 N–H and O–H groups in total. The van der Waals surface area contributed by atoms with Crippen LogP contribution >= 0.6 is 0 Å². The second-order valence-electron chi connectivity index (χ2n) is 8.03. The van der Waals surface area contributed by atoms with Crippen molar-refractivity contribution in [2.24, 2.45) is 0 Å². The average molecular weight is 497 g/mol. The third kappa shape index (κ3) is 7.07. The van der Waals surface area contributed by atoms with Gasteiger partial charge in [-0.2, -0.15) is 0 Å². The monoisotopic (exact) mass is 496 g/mol. The maximum absolute atomic E-state index is 13.0. The molecule has 9 heteroatoms. The van der Waals surface area contributed by atoms with Gasteiger partial charge in [-0.15, -0.1) is 0 Å². The number of hydrogen-bond donors (Lipinski definition) is 2. The lowest BCUT2D eigenvalue weighted by Crippen LogP contribution is -2.31. The third-order valence-electron chi connectivity index (χ3n) is 5.30. The number of amides is 1. The summed E-state index contributed by atoms with van der Waals surface area (Å²) in [5.41, 5.74) is 2.40. The Bertz CT molecular complexity index is 1270. The first kappa shape index (κ1) is 25.8. The smallest absolute Gasteiger partial charge is 0.338 e. The van der Waals surface area contributed by atoms with E-state index in [0.717, 1.165) is 17.2 Å². The van der Waals surface area contributed by atoms with E-state index in [9.17, 15) is 18.0 Å². The maximum Gasteiger partial charge on any atom is 0.338 e. The molecule has 3 aromatic rings. The van der Waals surface area contributed by atoms with Crippen molar-refractivity contribution in [3.63, 3.8) is 0 Å². The molecule has 8 nitrogen and oxygen atoms in total. The third-order valence-corrected chi connectivity index (χ3v) is 6.70. The normalized spacial score (nSPS) is 11.9. The van der Waals surface area contributed by atoms with E-state index in [1.54, 1.807) is 24.3 Å². The number of carbonyl (C=O) groups is 2. The minimum atomic E-state index is -4.06. The molecule has 0 spiro atoms. The van der Waals surface area contributed by atoms with Gasteiger partial charge in [0.05, 0.1) is 12.7 Å². The number of benzene rings is 3. The molecular weight excluding hydrogens is 468 g/mol. The van der Waals surface area contributed by atoms with Crippen LogP contribution in [0.4, 0.5) is 5.69 Å². The van der Waals surface area contributed by atoms with Gasteiger partial charge in [-0.05, 0) is 48.7 Å². The number of carbonyl (C=O) groups excluding carboxylic acids is 2. The summed E-state index contributed by atoms with van der Waals surface area (Å²) in [5, 5.41) is 2.73. The van der Waals surface area contributed by atoms with Gasteiger partial charge in [0.15, 0.2) is 6.61 Å². The SMILES string of the molecule is COc1ccc(C(=O)OCC(=O)NCC(C)c2ccccc2)cc1S(=O)(=O)Nc1ccc(C)cc1. The fraction of sp³-hybridized carbons (Fsp3) is 0.231. The molecule has 184 valence electrons. The lowest BCUT2D eigenvalue weighted by molar-refractivity contribution is -0.124. The van der Waals surface area contributed by atoms with E-state index in [4.69, 9.17) is 9.47 Å². The summed E-state index contributed by atoms with van der Waals surface area (Å²) in [6.45, 7) is 3.76. The topological polar surface area (TPSA) is 111 Å². The number of ether oxygens (including phenoxy) is 2. The molecule has 1 amide bonds. The number of esters is 1. The highest BCUT2D eigenvalue weighted by Gasteiger charge is 2.23. The summed E-state index contributed by atoms with van der Waals surface area (Å²) in [7, 11) is -2.73. The van der Waals surface area contributed by atoms with Crippen LogP contribution in [0.1, 0.15) is 34.3 Å². The first-order chi connectivity index (χ1) is 16.7. The molecule has 0 heterocycles. The quantitative estimate of drug-likeness (QED) is 0.412. The Morgan fingerprint density at radius 3 is 2.31 bits per heavy atom. The Morgan fingerprint density at radius 2 is 1.66 bits per heavy atom. The molecule has 0 aliphatic rings. The number of methoxy groups -OCH3 is 1. The van der Waals surface area contributed by atoms with Gasteiger partial charge in [-0.25, -0.2) is 13.2 Å². The lowest BCUT2D eigenvalue weighted by atomic mass is 10.0. The van der Waals surface area contributed by atoms with Crippen molar-refractivity contribution in [3.05, 3.63) is 89.5 Å². The standard InChI is InChI=1S/C26H28N2O6S/c1-18-9-12-22(13-10-18)28-35(31,32)24-15-21(11-14-23(24)33-3)26(30)34-17-25(29)27-16-19(2)20-7-5-4-6-8-20/h4-15,19,28H,16-17H2,1-3H3,(H,27,29). The second kappa shape index (κ2) is 11.5. The largest absolute Gasteiger partial charge is 0.495 e. The van der Waals surface area contributed by atoms with Crippen LogP contribution in [-0.2, 0) is 19.6 Å². The highest BCUT2D eigenvalue weighted by atomic mass is 32.2. The first-order valence-corrected chi connectivity index (χ1v) is 12.4. The van der Waals surface area contributed by atoms with E-state index in [2.05, 4.69) is 10.0 Å². The van der Waals surface area contributed by atoms with Crippen molar-refractivity contribution in [1.82, 2.24) is 5.32 Å². The Balaban J connectivity index is 1.64. The Labute approximate surface area is 205 Å². The highest BCUT2D eigenvalue weighted by molar-refractivity contribution is 7.92. The summed E-state index contributed by atoms with van der Waals surface area (Å²) in [4.78, 5) is 24.5. The molecule has 0 aromatic heterocycles. The molecule has 0 saturated heterocycles. The van der Waals surface area contributed by atoms with Crippen molar-refractivity contribution in [1.29, 1.82) is 0 Å². The molecule has 0 aliphatic carbocycles. The summed E-state index contributed by atoms with van der Waals surface area (Å²) in [6.07, 6.45) is 0. The molecule has 35 heavy (non-hydrogen) atoms. The number of sulfonamides is 1. The average Bonchev–Trinajstić information content (AvgIpc) is 2.87. The van der Waals surface area contributed by atoms with E-state index >= 15 is 0 Å². The number of nitrogens with one attached hydrogen (secondary N) is 2. The molecule has 3 aromatic carbocycles. The molecule has 3 rings (SSSR count). The summed E-state index contributed by atoms with van der Waals surface area (Å²) < 4.78 is 38.7. The van der Waals surface area contributed by atoms with E-state index in [-0.39, 0.29) is 22.1 Å². The molecule has 0 aliphatic heterocycles. The second-order valence-corrected chi connectivity index (χ2v) is 9.68. The number of hydrogen-bond acceptors (Lipinski definition) is 6. The zero-order valence-electron chi connectivity index (χ0n) is 19.8. The van der Waals surface area contributed by atoms with Crippen LogP contribution in [0.25, 0.3) is 0 Å². The highest BCUT2D eigenvalue weighted by Crippen LogP contribution is 2.27. The maximum atomic E-state index is 13.0. The summed E-state index contributed by atoms with van der Waals surface area (Å²) in [5.74, 6) is -1.13. The Hall–Kier alpha value is -3.85. The van der Waals surface area contributed by atoms with Crippen LogP contribution < -0.4 is 14.8 Å². The molecule has 0 radical (unpaired) electrons. The predicted octanol–water partition coefficient (Wildman–Crippen LogP) is 3.88. The van der Waals surface area contributed by atoms with Crippen molar-refractivity contribution in [3.8, 4) is 5.75 Å². The van der Waals surface area contributed by atoms with Gasteiger partial charge in [0.1, 0.15) is 10.6 Å². The molecule has 0 fully saturated rings. The summed E-state index contributed by atoms with van der Waals surface area (Å²) >= 11 is 0. The lowest BCUT2D eigenvalue weighted by Gasteiger charge is -2.14. The van der Waals surface area contributed by atoms with Gasteiger partial charge in [-0.3, -0.25) is 9.52 Å². The number of aryl methyl sites for hydroxylation is 1. The minimum absolute atomic E-state index is 0.0273. The van der Waals surface area contributed by atoms with E-state index in [1.807, 2.05) is 44.2 Å². The van der Waals surface area contributed by atoms with Gasteiger partial charge in [0.25, 0.3) is 15.9 Å². The van der Waals surface area contributed by atoms with Crippen LogP contribution in [0.2, 0.25) is 0 Å². The fourth-order valence-corrected chi connectivity index (χ4v) is 4.53. The van der Waals surface area contributed by atoms with Crippen LogP contribution in [0.3, 0.4) is 0 Å². The van der Waals surface area contributed by atoms with Gasteiger partial charge in [-0.1, -0.05) is 55.0 Å². The predicted molar refractivity (Wildman–Crippen MR) is 133 cm³/mol. The van der Waals surface area contributed by atoms with E-state index < -0.39 is 28.5 Å². The van der Waals surface area contributed by atoms with Gasteiger partial charge < -0.3 is 14.8 Å². The van der Waals surface area contributed by atoms with E-state index in [0.29, 0.717) is 12.2 Å². The van der Waals surface area contributed by atoms with Crippen molar-refractivity contribution in [2.45, 2.75) is 24.7 Å².